The largest absolute Gasteiger partial charge is 0.352 e. The third-order valence-corrected chi connectivity index (χ3v) is 5.56. The predicted octanol–water partition coefficient (Wildman–Crippen LogP) is 3.94. The second kappa shape index (κ2) is 7.60. The molecule has 5 nitrogen and oxygen atoms in total. The molecule has 0 aliphatic heterocycles. The molecule has 2 heterocycles. The van der Waals surface area contributed by atoms with Gasteiger partial charge in [0, 0.05) is 22.0 Å². The second-order valence-electron chi connectivity index (χ2n) is 6.61. The minimum absolute atomic E-state index is 0.0423. The zero-order valence-electron chi connectivity index (χ0n) is 14.8. The quantitative estimate of drug-likeness (QED) is 0.718. The molecule has 1 amide bonds. The molecule has 0 saturated heterocycles. The summed E-state index contributed by atoms with van der Waals surface area (Å²) in [4.78, 5) is 30.2. The predicted molar refractivity (Wildman–Crippen MR) is 107 cm³/mol. The molecule has 1 atom stereocenters. The van der Waals surface area contributed by atoms with Crippen LogP contribution in [0.15, 0.2) is 40.8 Å². The van der Waals surface area contributed by atoms with Crippen LogP contribution in [0.1, 0.15) is 20.8 Å². The highest BCUT2D eigenvalue weighted by Crippen LogP contribution is 2.31. The van der Waals surface area contributed by atoms with Crippen molar-refractivity contribution in [1.82, 2.24) is 14.9 Å². The van der Waals surface area contributed by atoms with Gasteiger partial charge in [-0.2, -0.15) is 0 Å². The van der Waals surface area contributed by atoms with Crippen LogP contribution in [0.25, 0.3) is 21.3 Å². The van der Waals surface area contributed by atoms with E-state index in [9.17, 15) is 9.59 Å². The smallest absolute Gasteiger partial charge is 0.263 e. The molecule has 0 radical (unpaired) electrons. The van der Waals surface area contributed by atoms with Crippen molar-refractivity contribution in [3.05, 3.63) is 51.3 Å². The number of carbonyl (C=O) groups excluding carboxylic acids is 1. The first-order valence-corrected chi connectivity index (χ1v) is 9.64. The standard InChI is InChI=1S/C19H20ClN3O2S/c1-11(2)12(3)22-16(24)8-23-10-21-18-17(19(23)25)15(9-26-18)13-4-6-14(20)7-5-13/h4-7,9-12H,8H2,1-3H3,(H,22,24)/t12-/m1/s1. The number of nitrogens with one attached hydrogen (secondary N) is 1. The molecule has 136 valence electrons. The van der Waals surface area contributed by atoms with Crippen LogP contribution >= 0.6 is 22.9 Å². The Hall–Kier alpha value is -2.18. The van der Waals surface area contributed by atoms with Crippen molar-refractivity contribution >= 4 is 39.1 Å². The molecule has 0 aliphatic carbocycles. The molecular weight excluding hydrogens is 370 g/mol. The van der Waals surface area contributed by atoms with Gasteiger partial charge in [-0.1, -0.05) is 37.6 Å². The fourth-order valence-corrected chi connectivity index (χ4v) is 3.58. The van der Waals surface area contributed by atoms with Gasteiger partial charge in [0.25, 0.3) is 5.56 Å². The highest BCUT2D eigenvalue weighted by Gasteiger charge is 2.16. The van der Waals surface area contributed by atoms with Crippen molar-refractivity contribution in [2.24, 2.45) is 5.92 Å². The summed E-state index contributed by atoms with van der Waals surface area (Å²) in [6, 6.07) is 7.36. The van der Waals surface area contributed by atoms with Gasteiger partial charge in [0.2, 0.25) is 5.91 Å². The number of amides is 1. The Balaban J connectivity index is 1.95. The summed E-state index contributed by atoms with van der Waals surface area (Å²) in [6.07, 6.45) is 1.44. The van der Waals surface area contributed by atoms with E-state index in [1.807, 2.05) is 38.3 Å². The van der Waals surface area contributed by atoms with Gasteiger partial charge in [-0.05, 0) is 30.5 Å². The third-order valence-electron chi connectivity index (χ3n) is 4.42. The summed E-state index contributed by atoms with van der Waals surface area (Å²) in [7, 11) is 0. The van der Waals surface area contributed by atoms with Gasteiger partial charge in [-0.15, -0.1) is 11.3 Å². The minimum Gasteiger partial charge on any atom is -0.352 e. The van der Waals surface area contributed by atoms with Crippen molar-refractivity contribution < 1.29 is 4.79 Å². The number of rotatable bonds is 5. The van der Waals surface area contributed by atoms with Gasteiger partial charge in [0.15, 0.2) is 0 Å². The Morgan fingerprint density at radius 3 is 2.62 bits per heavy atom. The molecule has 0 aliphatic rings. The zero-order chi connectivity index (χ0) is 18.8. The number of aromatic nitrogens is 2. The van der Waals surface area contributed by atoms with Crippen molar-refractivity contribution in [1.29, 1.82) is 0 Å². The van der Waals surface area contributed by atoms with Crippen molar-refractivity contribution in [2.45, 2.75) is 33.4 Å². The van der Waals surface area contributed by atoms with Crippen LogP contribution in [0.3, 0.4) is 0 Å². The zero-order valence-corrected chi connectivity index (χ0v) is 16.4. The van der Waals surface area contributed by atoms with Gasteiger partial charge in [-0.25, -0.2) is 4.98 Å². The molecule has 0 spiro atoms. The maximum absolute atomic E-state index is 12.9. The van der Waals surface area contributed by atoms with Gasteiger partial charge >= 0.3 is 0 Å². The van der Waals surface area contributed by atoms with Crippen molar-refractivity contribution in [2.75, 3.05) is 0 Å². The van der Waals surface area contributed by atoms with E-state index in [4.69, 9.17) is 11.6 Å². The molecule has 7 heteroatoms. The highest BCUT2D eigenvalue weighted by atomic mass is 35.5. The minimum atomic E-state index is -0.214. The van der Waals surface area contributed by atoms with Crippen LogP contribution in [-0.4, -0.2) is 21.5 Å². The van der Waals surface area contributed by atoms with E-state index in [1.54, 1.807) is 12.1 Å². The molecular formula is C19H20ClN3O2S. The normalized spacial score (nSPS) is 12.5. The average molecular weight is 390 g/mol. The number of fused-ring (bicyclic) bond motifs is 1. The third kappa shape index (κ3) is 3.81. The number of nitrogens with zero attached hydrogens (tertiary/aromatic N) is 2. The van der Waals surface area contributed by atoms with E-state index < -0.39 is 0 Å². The number of halogens is 1. The van der Waals surface area contributed by atoms with Crippen LogP contribution in [-0.2, 0) is 11.3 Å². The monoisotopic (exact) mass is 389 g/mol. The molecule has 3 aromatic rings. The first-order chi connectivity index (χ1) is 12.4. The summed E-state index contributed by atoms with van der Waals surface area (Å²) in [5.41, 5.74) is 1.49. The van der Waals surface area contributed by atoms with Crippen molar-refractivity contribution in [3.63, 3.8) is 0 Å². The number of benzene rings is 1. The number of hydrogen-bond acceptors (Lipinski definition) is 4. The second-order valence-corrected chi connectivity index (χ2v) is 7.91. The lowest BCUT2D eigenvalue weighted by molar-refractivity contribution is -0.122. The number of thiophene rings is 1. The van der Waals surface area contributed by atoms with Gasteiger partial charge < -0.3 is 5.32 Å². The first-order valence-electron chi connectivity index (χ1n) is 8.38. The summed E-state index contributed by atoms with van der Waals surface area (Å²) in [6.45, 7) is 5.97. The van der Waals surface area contributed by atoms with Gasteiger partial charge in [0.1, 0.15) is 11.4 Å². The lowest BCUT2D eigenvalue weighted by Gasteiger charge is -2.17. The fraction of sp³-hybridized carbons (Fsp3) is 0.316. The summed E-state index contributed by atoms with van der Waals surface area (Å²) in [5, 5.41) is 5.99. The van der Waals surface area contributed by atoms with E-state index >= 15 is 0 Å². The summed E-state index contributed by atoms with van der Waals surface area (Å²) < 4.78 is 1.36. The Bertz CT molecular complexity index is 992. The Labute approximate surface area is 160 Å². The van der Waals surface area contributed by atoms with Gasteiger partial charge in [0.05, 0.1) is 11.7 Å². The van der Waals surface area contributed by atoms with Crippen LogP contribution < -0.4 is 10.9 Å². The first kappa shape index (κ1) is 18.6. The lowest BCUT2D eigenvalue weighted by Crippen LogP contribution is -2.39. The Morgan fingerprint density at radius 1 is 1.27 bits per heavy atom. The summed E-state index contributed by atoms with van der Waals surface area (Å²) in [5.74, 6) is 0.127. The number of hydrogen-bond donors (Lipinski definition) is 1. The average Bonchev–Trinajstić information content (AvgIpc) is 3.02. The highest BCUT2D eigenvalue weighted by molar-refractivity contribution is 7.17. The fourth-order valence-electron chi connectivity index (χ4n) is 2.54. The molecule has 1 N–H and O–H groups in total. The lowest BCUT2D eigenvalue weighted by atomic mass is 10.1. The molecule has 26 heavy (non-hydrogen) atoms. The maximum atomic E-state index is 12.9. The number of carbonyl (C=O) groups is 1. The molecule has 0 unspecified atom stereocenters. The molecule has 0 fully saturated rings. The van der Waals surface area contributed by atoms with Crippen LogP contribution in [0.2, 0.25) is 5.02 Å². The van der Waals surface area contributed by atoms with Gasteiger partial charge in [-0.3, -0.25) is 14.2 Å². The van der Waals surface area contributed by atoms with E-state index in [-0.39, 0.29) is 24.1 Å². The van der Waals surface area contributed by atoms with Crippen molar-refractivity contribution in [3.8, 4) is 11.1 Å². The van der Waals surface area contributed by atoms with E-state index in [2.05, 4.69) is 10.3 Å². The van der Waals surface area contributed by atoms with Crippen LogP contribution in [0.5, 0.6) is 0 Å². The van der Waals surface area contributed by atoms with E-state index in [0.29, 0.717) is 21.2 Å². The molecule has 1 aromatic carbocycles. The van der Waals surface area contributed by atoms with E-state index in [0.717, 1.165) is 11.1 Å². The molecule has 0 saturated carbocycles. The molecule has 0 bridgehead atoms. The maximum Gasteiger partial charge on any atom is 0.263 e. The SMILES string of the molecule is CC(C)[C@@H](C)NC(=O)Cn1cnc2scc(-c3ccc(Cl)cc3)c2c1=O. The molecule has 2 aromatic heterocycles. The Kier molecular flexibility index (Phi) is 5.44. The Morgan fingerprint density at radius 2 is 1.96 bits per heavy atom. The van der Waals surface area contributed by atoms with Crippen LogP contribution in [0.4, 0.5) is 0 Å². The van der Waals surface area contributed by atoms with E-state index in [1.165, 1.54) is 22.2 Å². The van der Waals surface area contributed by atoms with Crippen LogP contribution in [0, 0.1) is 5.92 Å². The topological polar surface area (TPSA) is 64.0 Å². The molecule has 3 rings (SSSR count). The summed E-state index contributed by atoms with van der Waals surface area (Å²) >= 11 is 7.36.